The van der Waals surface area contributed by atoms with Crippen LogP contribution in [0.3, 0.4) is 0 Å². The van der Waals surface area contributed by atoms with E-state index in [0.717, 1.165) is 10.3 Å². The number of benzene rings is 2. The van der Waals surface area contributed by atoms with Crippen molar-refractivity contribution in [1.82, 2.24) is 4.90 Å². The Kier molecular flexibility index (Phi) is 5.55. The number of thioether (sulfide) groups is 1. The fourth-order valence-electron chi connectivity index (χ4n) is 3.02. The van der Waals surface area contributed by atoms with Crippen molar-refractivity contribution in [3.8, 4) is 0 Å². The molecule has 0 aliphatic carbocycles. The van der Waals surface area contributed by atoms with Gasteiger partial charge in [-0.25, -0.2) is 4.39 Å². The molecular weight excluding hydrogens is 391 g/mol. The van der Waals surface area contributed by atoms with Crippen molar-refractivity contribution in [2.75, 3.05) is 0 Å². The fraction of sp³-hybridized carbons (Fsp3) is 0.263. The van der Waals surface area contributed by atoms with Crippen LogP contribution < -0.4 is 0 Å². The van der Waals surface area contributed by atoms with Crippen LogP contribution in [0.1, 0.15) is 25.0 Å². The summed E-state index contributed by atoms with van der Waals surface area (Å²) in [5, 5.41) is 13.2. The van der Waals surface area contributed by atoms with Gasteiger partial charge in [0.2, 0.25) is 0 Å². The highest BCUT2D eigenvalue weighted by Gasteiger charge is 2.50. The number of hydrogen-bond donors (Lipinski definition) is 0. The van der Waals surface area contributed by atoms with Gasteiger partial charge in [-0.2, -0.15) is 4.74 Å². The molecule has 3 nitrogen and oxygen atoms in total. The van der Waals surface area contributed by atoms with Crippen LogP contribution in [0.5, 0.6) is 0 Å². The fourth-order valence-corrected chi connectivity index (χ4v) is 5.11. The molecular formula is C19H18ClFN2OS2. The topological polar surface area (TPSA) is 29.3 Å². The van der Waals surface area contributed by atoms with Crippen LogP contribution in [0.2, 0.25) is 5.02 Å². The second-order valence-corrected chi connectivity index (χ2v) is 9.28. The van der Waals surface area contributed by atoms with Crippen molar-refractivity contribution in [3.63, 3.8) is 0 Å². The Balaban J connectivity index is 1.98. The zero-order valence-corrected chi connectivity index (χ0v) is 16.7. The number of hydrogen-bond acceptors (Lipinski definition) is 3. The first-order chi connectivity index (χ1) is 12.3. The van der Waals surface area contributed by atoms with E-state index in [4.69, 9.17) is 23.8 Å². The van der Waals surface area contributed by atoms with Gasteiger partial charge >= 0.3 is 0 Å². The first-order valence-corrected chi connectivity index (χ1v) is 9.68. The van der Waals surface area contributed by atoms with Crippen LogP contribution in [-0.2, 0) is 6.54 Å². The minimum atomic E-state index is -0.573. The molecule has 0 aromatic heterocycles. The molecule has 1 atom stereocenters. The van der Waals surface area contributed by atoms with Crippen molar-refractivity contribution in [3.05, 3.63) is 75.7 Å². The number of nitrogens with zero attached hydrogens (tertiary/aromatic N) is 2. The summed E-state index contributed by atoms with van der Waals surface area (Å²) in [7, 11) is 0. The van der Waals surface area contributed by atoms with E-state index in [9.17, 15) is 9.60 Å². The van der Waals surface area contributed by atoms with E-state index in [-0.39, 0.29) is 10.6 Å². The van der Waals surface area contributed by atoms with Crippen molar-refractivity contribution in [1.29, 1.82) is 0 Å². The Bertz CT molecular complexity index is 838. The summed E-state index contributed by atoms with van der Waals surface area (Å²) in [5.41, 5.74) is 1.14. The molecule has 0 unspecified atom stereocenters. The van der Waals surface area contributed by atoms with Gasteiger partial charge in [0.1, 0.15) is 14.9 Å². The highest BCUT2D eigenvalue weighted by Crippen LogP contribution is 2.42. The molecule has 2 aromatic rings. The normalized spacial score (nSPS) is 19.8. The SMILES string of the molecule is CC1(C)SC(=S)N(Cc2ccccc2)[C@@H]1/[N+]([O-])=C/c1c(F)cccc1Cl. The summed E-state index contributed by atoms with van der Waals surface area (Å²) >= 11 is 13.0. The minimum Gasteiger partial charge on any atom is -0.622 e. The molecule has 0 bridgehead atoms. The highest BCUT2D eigenvalue weighted by atomic mass is 35.5. The van der Waals surface area contributed by atoms with Crippen molar-refractivity contribution in [2.45, 2.75) is 31.3 Å². The molecule has 1 aliphatic heterocycles. The number of hydroxylamine groups is 1. The maximum Gasteiger partial charge on any atom is 0.254 e. The van der Waals surface area contributed by atoms with Gasteiger partial charge in [-0.1, -0.05) is 72.0 Å². The van der Waals surface area contributed by atoms with Crippen LogP contribution in [0.15, 0.2) is 48.5 Å². The molecule has 2 aromatic carbocycles. The van der Waals surface area contributed by atoms with Crippen LogP contribution in [0.4, 0.5) is 4.39 Å². The smallest absolute Gasteiger partial charge is 0.254 e. The molecule has 0 amide bonds. The average Bonchev–Trinajstić information content (AvgIpc) is 2.80. The average molecular weight is 409 g/mol. The van der Waals surface area contributed by atoms with E-state index < -0.39 is 16.7 Å². The Labute approximate surface area is 167 Å². The molecule has 1 saturated heterocycles. The largest absolute Gasteiger partial charge is 0.622 e. The molecule has 136 valence electrons. The van der Waals surface area contributed by atoms with Crippen LogP contribution in [-0.4, -0.2) is 31.1 Å². The zero-order chi connectivity index (χ0) is 18.9. The summed E-state index contributed by atoms with van der Waals surface area (Å²) in [5.74, 6) is -0.529. The van der Waals surface area contributed by atoms with Gasteiger partial charge in [-0.3, -0.25) is 4.90 Å². The lowest BCUT2D eigenvalue weighted by Gasteiger charge is -2.30. The highest BCUT2D eigenvalue weighted by molar-refractivity contribution is 8.24. The second-order valence-electron chi connectivity index (χ2n) is 6.58. The summed E-state index contributed by atoms with van der Waals surface area (Å²) in [4.78, 5) is 1.88. The monoisotopic (exact) mass is 408 g/mol. The van der Waals surface area contributed by atoms with E-state index in [0.29, 0.717) is 10.9 Å². The molecule has 0 radical (unpaired) electrons. The summed E-state index contributed by atoms with van der Waals surface area (Å²) < 4.78 is 15.0. The van der Waals surface area contributed by atoms with E-state index >= 15 is 0 Å². The van der Waals surface area contributed by atoms with Crippen molar-refractivity contribution < 1.29 is 9.13 Å². The number of halogens is 2. The molecule has 1 heterocycles. The lowest BCUT2D eigenvalue weighted by molar-refractivity contribution is -0.524. The molecule has 0 saturated carbocycles. The molecule has 1 aliphatic rings. The summed E-state index contributed by atoms with van der Waals surface area (Å²) in [6.07, 6.45) is 0.646. The number of rotatable bonds is 4. The third kappa shape index (κ3) is 3.87. The first kappa shape index (κ1) is 19.1. The standard InChI is InChI=1S/C19H18ClFN2OS2/c1-19(2)17(23(24)12-14-15(20)9-6-10-16(14)21)22(18(25)26-19)11-13-7-4-3-5-8-13/h3-10,12,17H,11H2,1-2H3/b23-12-/t17-/m1/s1. The Morgan fingerprint density at radius 2 is 1.96 bits per heavy atom. The first-order valence-electron chi connectivity index (χ1n) is 8.07. The third-order valence-corrected chi connectivity index (χ3v) is 6.15. The Hall–Kier alpha value is -1.63. The Morgan fingerprint density at radius 3 is 2.62 bits per heavy atom. The second kappa shape index (κ2) is 7.55. The molecule has 1 fully saturated rings. The quantitative estimate of drug-likeness (QED) is 0.233. The van der Waals surface area contributed by atoms with Gasteiger partial charge in [0, 0.05) is 0 Å². The molecule has 0 spiro atoms. The van der Waals surface area contributed by atoms with Crippen molar-refractivity contribution in [2.24, 2.45) is 0 Å². The molecule has 3 rings (SSSR count). The number of thiocarbonyl (C=S) groups is 1. The molecule has 0 N–H and O–H groups in total. The van der Waals surface area contributed by atoms with Gasteiger partial charge < -0.3 is 5.21 Å². The van der Waals surface area contributed by atoms with Gasteiger partial charge in [-0.15, -0.1) is 0 Å². The van der Waals surface area contributed by atoms with Gasteiger partial charge in [-0.05, 0) is 31.5 Å². The van der Waals surface area contributed by atoms with Crippen LogP contribution >= 0.6 is 35.6 Å². The van der Waals surface area contributed by atoms with Gasteiger partial charge in [0.25, 0.3) is 6.17 Å². The molecule has 26 heavy (non-hydrogen) atoms. The summed E-state index contributed by atoms with van der Waals surface area (Å²) in [6, 6.07) is 14.2. The Morgan fingerprint density at radius 1 is 1.27 bits per heavy atom. The summed E-state index contributed by atoms with van der Waals surface area (Å²) in [6.45, 7) is 4.43. The van der Waals surface area contributed by atoms with E-state index in [1.165, 1.54) is 30.1 Å². The lowest BCUT2D eigenvalue weighted by Crippen LogP contribution is -2.47. The molecule has 7 heteroatoms. The van der Waals surface area contributed by atoms with E-state index in [1.807, 2.05) is 49.1 Å². The van der Waals surface area contributed by atoms with Crippen LogP contribution in [0.25, 0.3) is 0 Å². The lowest BCUT2D eigenvalue weighted by atomic mass is 10.1. The van der Waals surface area contributed by atoms with E-state index in [2.05, 4.69) is 0 Å². The maximum absolute atomic E-state index is 14.1. The predicted molar refractivity (Wildman–Crippen MR) is 110 cm³/mol. The van der Waals surface area contributed by atoms with Gasteiger partial charge in [0.05, 0.1) is 17.1 Å². The van der Waals surface area contributed by atoms with E-state index in [1.54, 1.807) is 6.07 Å². The zero-order valence-electron chi connectivity index (χ0n) is 14.4. The predicted octanol–water partition coefficient (Wildman–Crippen LogP) is 5.05. The van der Waals surface area contributed by atoms with Gasteiger partial charge in [0.15, 0.2) is 6.21 Å². The third-order valence-electron chi connectivity index (χ3n) is 4.19. The minimum absolute atomic E-state index is 0.0856. The maximum atomic E-state index is 14.1. The van der Waals surface area contributed by atoms with Crippen molar-refractivity contribution >= 4 is 46.1 Å². The van der Waals surface area contributed by atoms with Crippen LogP contribution in [0, 0.1) is 11.0 Å².